The number of benzene rings is 1. The van der Waals surface area contributed by atoms with Gasteiger partial charge in [0.25, 0.3) is 11.8 Å². The molecule has 0 aliphatic carbocycles. The zero-order valence-electron chi connectivity index (χ0n) is 23.8. The molecule has 1 spiro atoms. The summed E-state index contributed by atoms with van der Waals surface area (Å²) in [6, 6.07) is 4.42. The summed E-state index contributed by atoms with van der Waals surface area (Å²) in [5.74, 6) is -2.05. The predicted octanol–water partition coefficient (Wildman–Crippen LogP) is 2.89. The minimum absolute atomic E-state index is 0.106. The fraction of sp³-hybridized carbons (Fsp3) is 0.633. The van der Waals surface area contributed by atoms with Crippen molar-refractivity contribution in [1.29, 1.82) is 0 Å². The van der Waals surface area contributed by atoms with E-state index >= 15 is 0 Å². The van der Waals surface area contributed by atoms with Crippen molar-refractivity contribution in [2.45, 2.75) is 83.8 Å². The van der Waals surface area contributed by atoms with E-state index in [2.05, 4.69) is 15.1 Å². The van der Waals surface area contributed by atoms with Gasteiger partial charge in [-0.25, -0.2) is 0 Å². The minimum atomic E-state index is -0.952. The summed E-state index contributed by atoms with van der Waals surface area (Å²) >= 11 is 0. The van der Waals surface area contributed by atoms with E-state index < -0.39 is 29.4 Å². The Balaban J connectivity index is 1.12. The van der Waals surface area contributed by atoms with Crippen molar-refractivity contribution in [3.63, 3.8) is 0 Å². The van der Waals surface area contributed by atoms with E-state index in [0.29, 0.717) is 23.0 Å². The molecule has 4 aliphatic heterocycles. The molecule has 10 heteroatoms. The topological polar surface area (TPSA) is 116 Å². The second-order valence-corrected chi connectivity index (χ2v) is 12.7. The molecule has 4 heterocycles. The van der Waals surface area contributed by atoms with Crippen LogP contribution in [0.3, 0.4) is 0 Å². The highest BCUT2D eigenvalue weighted by atomic mass is 16.6. The van der Waals surface area contributed by atoms with Gasteiger partial charge in [-0.15, -0.1) is 0 Å². The summed E-state index contributed by atoms with van der Waals surface area (Å²) in [4.78, 5) is 67.8. The number of esters is 1. The fourth-order valence-corrected chi connectivity index (χ4v) is 6.49. The zero-order valence-corrected chi connectivity index (χ0v) is 23.8. The number of likely N-dealkylation sites (tertiary alicyclic amines) is 1. The third-order valence-electron chi connectivity index (χ3n) is 8.80. The molecular weight excluding hydrogens is 512 g/mol. The first kappa shape index (κ1) is 28.3. The number of rotatable bonds is 6. The van der Waals surface area contributed by atoms with Gasteiger partial charge >= 0.3 is 5.97 Å². The van der Waals surface area contributed by atoms with Crippen molar-refractivity contribution in [1.82, 2.24) is 15.1 Å². The van der Waals surface area contributed by atoms with Crippen LogP contribution in [0.4, 0.5) is 5.69 Å². The second-order valence-electron chi connectivity index (χ2n) is 12.7. The van der Waals surface area contributed by atoms with E-state index in [1.54, 1.807) is 12.1 Å². The highest BCUT2D eigenvalue weighted by molar-refractivity contribution is 6.23. The molecule has 5 rings (SSSR count). The molecule has 1 aromatic carbocycles. The van der Waals surface area contributed by atoms with Crippen LogP contribution in [-0.4, -0.2) is 83.8 Å². The fourth-order valence-electron chi connectivity index (χ4n) is 6.49. The first-order valence-electron chi connectivity index (χ1n) is 14.5. The summed E-state index contributed by atoms with van der Waals surface area (Å²) in [5, 5.41) is 2.24. The van der Waals surface area contributed by atoms with Crippen LogP contribution in [0, 0.1) is 5.41 Å². The summed E-state index contributed by atoms with van der Waals surface area (Å²) < 4.78 is 5.41. The van der Waals surface area contributed by atoms with Crippen molar-refractivity contribution in [2.75, 3.05) is 37.6 Å². The van der Waals surface area contributed by atoms with Gasteiger partial charge in [-0.1, -0.05) is 0 Å². The number of nitrogens with one attached hydrogen (secondary N) is 1. The molecule has 1 atom stereocenters. The van der Waals surface area contributed by atoms with Crippen LogP contribution in [0.2, 0.25) is 0 Å². The van der Waals surface area contributed by atoms with E-state index in [1.165, 1.54) is 0 Å². The van der Waals surface area contributed by atoms with E-state index in [1.807, 2.05) is 26.8 Å². The maximum Gasteiger partial charge on any atom is 0.306 e. The number of carbonyl (C=O) groups excluding carboxylic acids is 5. The molecule has 3 saturated heterocycles. The summed E-state index contributed by atoms with van der Waals surface area (Å²) in [5.41, 5.74) is 1.44. The average Bonchev–Trinajstić information content (AvgIpc) is 3.14. The second kappa shape index (κ2) is 11.0. The van der Waals surface area contributed by atoms with Crippen LogP contribution in [0.25, 0.3) is 0 Å². The van der Waals surface area contributed by atoms with Gasteiger partial charge in [-0.3, -0.25) is 34.2 Å². The number of ether oxygens (including phenoxy) is 1. The maximum atomic E-state index is 13.2. The number of carbonyl (C=O) groups is 5. The lowest BCUT2D eigenvalue weighted by Gasteiger charge is -2.47. The molecule has 40 heavy (non-hydrogen) atoms. The molecule has 0 bridgehead atoms. The Hall–Kier alpha value is -3.27. The summed E-state index contributed by atoms with van der Waals surface area (Å²) in [6.45, 7) is 10.4. The van der Waals surface area contributed by atoms with E-state index in [4.69, 9.17) is 4.74 Å². The van der Waals surface area contributed by atoms with Crippen LogP contribution >= 0.6 is 0 Å². The van der Waals surface area contributed by atoms with Crippen molar-refractivity contribution in [2.24, 2.45) is 5.41 Å². The predicted molar refractivity (Wildman–Crippen MR) is 148 cm³/mol. The van der Waals surface area contributed by atoms with E-state index in [9.17, 15) is 24.0 Å². The van der Waals surface area contributed by atoms with Gasteiger partial charge < -0.3 is 14.5 Å². The molecule has 10 nitrogen and oxygen atoms in total. The Morgan fingerprint density at radius 1 is 0.975 bits per heavy atom. The molecule has 4 aliphatic rings. The molecule has 4 amide bonds. The number of imide groups is 2. The molecule has 3 fully saturated rings. The Morgan fingerprint density at radius 2 is 1.62 bits per heavy atom. The standard InChI is InChI=1S/C30H40N4O6/c1-29(2,3)40-25(36)5-4-14-32-15-10-30(11-16-32)12-17-33(18-13-30)20-6-7-21-22(19-20)28(39)34(27(21)38)23-8-9-24(35)31-26(23)37/h6-7,19,23H,4-5,8-18H2,1-3H3,(H,31,35,37). The number of nitrogens with zero attached hydrogens (tertiary/aromatic N) is 3. The van der Waals surface area contributed by atoms with Gasteiger partial charge in [-0.2, -0.15) is 0 Å². The Labute approximate surface area is 235 Å². The van der Waals surface area contributed by atoms with Crippen LogP contribution in [-0.2, 0) is 19.1 Å². The van der Waals surface area contributed by atoms with Crippen molar-refractivity contribution in [3.8, 4) is 0 Å². The smallest absolute Gasteiger partial charge is 0.306 e. The highest BCUT2D eigenvalue weighted by Gasteiger charge is 2.45. The molecule has 1 aromatic rings. The molecule has 0 radical (unpaired) electrons. The van der Waals surface area contributed by atoms with Gasteiger partial charge in [0.05, 0.1) is 11.1 Å². The van der Waals surface area contributed by atoms with Crippen molar-refractivity contribution < 1.29 is 28.7 Å². The maximum absolute atomic E-state index is 13.2. The monoisotopic (exact) mass is 552 g/mol. The lowest BCUT2D eigenvalue weighted by molar-refractivity contribution is -0.155. The third kappa shape index (κ3) is 5.92. The molecular formula is C30H40N4O6. The number of anilines is 1. The molecule has 0 aromatic heterocycles. The lowest BCUT2D eigenvalue weighted by Crippen LogP contribution is -2.54. The van der Waals surface area contributed by atoms with Crippen LogP contribution in [0.15, 0.2) is 18.2 Å². The van der Waals surface area contributed by atoms with E-state index in [0.717, 1.165) is 75.4 Å². The Bertz CT molecular complexity index is 1200. The molecule has 0 saturated carbocycles. The van der Waals surface area contributed by atoms with Gasteiger partial charge in [-0.05, 0) is 103 Å². The number of fused-ring (bicyclic) bond motifs is 1. The van der Waals surface area contributed by atoms with Crippen molar-refractivity contribution >= 4 is 35.3 Å². The average molecular weight is 553 g/mol. The number of amides is 4. The SMILES string of the molecule is CC(C)(C)OC(=O)CCCN1CCC2(CC1)CCN(c1ccc3c(c1)C(=O)N(C1CCC(=O)NC1=O)C3=O)CC2. The molecule has 1 unspecified atom stereocenters. The number of hydrogen-bond donors (Lipinski definition) is 1. The quantitative estimate of drug-likeness (QED) is 0.423. The highest BCUT2D eigenvalue weighted by Crippen LogP contribution is 2.42. The van der Waals surface area contributed by atoms with Gasteiger partial charge in [0.15, 0.2) is 0 Å². The lowest BCUT2D eigenvalue weighted by atomic mass is 9.71. The van der Waals surface area contributed by atoms with Gasteiger partial charge in [0.1, 0.15) is 11.6 Å². The number of piperidine rings is 3. The zero-order chi connectivity index (χ0) is 28.7. The summed E-state index contributed by atoms with van der Waals surface area (Å²) in [7, 11) is 0. The first-order valence-corrected chi connectivity index (χ1v) is 14.5. The largest absolute Gasteiger partial charge is 0.460 e. The van der Waals surface area contributed by atoms with Crippen molar-refractivity contribution in [3.05, 3.63) is 29.3 Å². The van der Waals surface area contributed by atoms with Crippen LogP contribution < -0.4 is 10.2 Å². The molecule has 1 N–H and O–H groups in total. The Morgan fingerprint density at radius 3 is 2.27 bits per heavy atom. The van der Waals surface area contributed by atoms with Crippen LogP contribution in [0.1, 0.15) is 92.9 Å². The summed E-state index contributed by atoms with van der Waals surface area (Å²) in [6.07, 6.45) is 5.96. The normalized spacial score (nSPS) is 23.4. The molecule has 216 valence electrons. The van der Waals surface area contributed by atoms with Gasteiger partial charge in [0, 0.05) is 31.6 Å². The third-order valence-corrected chi connectivity index (χ3v) is 8.80. The first-order chi connectivity index (χ1) is 18.9. The van der Waals surface area contributed by atoms with E-state index in [-0.39, 0.29) is 24.7 Å². The minimum Gasteiger partial charge on any atom is -0.460 e. The van der Waals surface area contributed by atoms with Crippen LogP contribution in [0.5, 0.6) is 0 Å². The Kier molecular flexibility index (Phi) is 7.74. The number of hydrogen-bond acceptors (Lipinski definition) is 8. The van der Waals surface area contributed by atoms with Gasteiger partial charge in [0.2, 0.25) is 11.8 Å².